The van der Waals surface area contributed by atoms with Gasteiger partial charge in [0.1, 0.15) is 5.01 Å². The van der Waals surface area contributed by atoms with E-state index in [4.69, 9.17) is 5.73 Å². The van der Waals surface area contributed by atoms with Crippen LogP contribution < -0.4 is 5.73 Å². The van der Waals surface area contributed by atoms with Gasteiger partial charge in [-0.2, -0.15) is 0 Å². The highest BCUT2D eigenvalue weighted by Crippen LogP contribution is 2.17. The molecule has 0 saturated heterocycles. The van der Waals surface area contributed by atoms with Crippen LogP contribution in [0.5, 0.6) is 0 Å². The number of benzene rings is 1. The highest BCUT2D eigenvalue weighted by atomic mass is 32.1. The molecule has 0 saturated carbocycles. The normalized spacial score (nSPS) is 11.1. The molecule has 2 N–H and O–H groups in total. The minimum absolute atomic E-state index is 0.539. The molecule has 0 fully saturated rings. The van der Waals surface area contributed by atoms with Crippen LogP contribution in [0.15, 0.2) is 29.6 Å². The van der Waals surface area contributed by atoms with Crippen molar-refractivity contribution in [3.63, 3.8) is 0 Å². The van der Waals surface area contributed by atoms with Gasteiger partial charge in [-0.3, -0.25) is 0 Å². The highest BCUT2D eigenvalue weighted by Gasteiger charge is 2.03. The molecular weight excluding hydrogens is 228 g/mol. The van der Waals surface area contributed by atoms with E-state index in [2.05, 4.69) is 48.5 Å². The molecule has 1 aromatic heterocycles. The van der Waals surface area contributed by atoms with Gasteiger partial charge in [-0.15, -0.1) is 11.3 Å². The monoisotopic (exact) mass is 246 g/mol. The Labute approximate surface area is 107 Å². The number of rotatable bonds is 4. The molecule has 0 unspecified atom stereocenters. The molecule has 0 spiro atoms. The summed E-state index contributed by atoms with van der Waals surface area (Å²) in [7, 11) is 0. The van der Waals surface area contributed by atoms with Gasteiger partial charge in [-0.25, -0.2) is 4.98 Å². The molecule has 90 valence electrons. The topological polar surface area (TPSA) is 38.9 Å². The summed E-state index contributed by atoms with van der Waals surface area (Å²) in [5, 5.41) is 3.11. The van der Waals surface area contributed by atoms with Crippen LogP contribution in [0.2, 0.25) is 0 Å². The maximum Gasteiger partial charge on any atom is 0.106 e. The van der Waals surface area contributed by atoms with E-state index in [0.29, 0.717) is 12.5 Å². The number of hydrogen-bond donors (Lipinski definition) is 1. The summed E-state index contributed by atoms with van der Waals surface area (Å²) in [6, 6.07) is 8.79. The van der Waals surface area contributed by atoms with Gasteiger partial charge in [0.05, 0.1) is 5.69 Å². The van der Waals surface area contributed by atoms with Gasteiger partial charge < -0.3 is 5.73 Å². The zero-order chi connectivity index (χ0) is 12.3. The molecule has 0 atom stereocenters. The van der Waals surface area contributed by atoms with Gasteiger partial charge in [0.25, 0.3) is 0 Å². The Bertz CT molecular complexity index is 471. The zero-order valence-corrected chi connectivity index (χ0v) is 11.1. The Morgan fingerprint density at radius 1 is 1.24 bits per heavy atom. The highest BCUT2D eigenvalue weighted by molar-refractivity contribution is 7.09. The van der Waals surface area contributed by atoms with E-state index < -0.39 is 0 Å². The van der Waals surface area contributed by atoms with Crippen molar-refractivity contribution in [3.05, 3.63) is 51.5 Å². The van der Waals surface area contributed by atoms with E-state index >= 15 is 0 Å². The SMILES string of the molecule is CC(C)c1ccc(Cc2csc(CN)n2)cc1. The Balaban J connectivity index is 2.08. The second-order valence-corrected chi connectivity index (χ2v) is 5.45. The maximum atomic E-state index is 5.56. The third kappa shape index (κ3) is 3.14. The predicted molar refractivity (Wildman–Crippen MR) is 73.3 cm³/mol. The van der Waals surface area contributed by atoms with Gasteiger partial charge in [-0.1, -0.05) is 38.1 Å². The number of thiazole rings is 1. The summed E-state index contributed by atoms with van der Waals surface area (Å²) >= 11 is 1.64. The molecule has 2 rings (SSSR count). The molecule has 3 heteroatoms. The lowest BCUT2D eigenvalue weighted by atomic mass is 10.0. The van der Waals surface area contributed by atoms with Crippen molar-refractivity contribution in [2.75, 3.05) is 0 Å². The van der Waals surface area contributed by atoms with E-state index in [-0.39, 0.29) is 0 Å². The first-order valence-corrected chi connectivity index (χ1v) is 6.79. The van der Waals surface area contributed by atoms with Crippen molar-refractivity contribution >= 4 is 11.3 Å². The molecular formula is C14H18N2S. The molecule has 0 radical (unpaired) electrons. The fourth-order valence-electron chi connectivity index (χ4n) is 1.75. The lowest BCUT2D eigenvalue weighted by Crippen LogP contribution is -1.96. The predicted octanol–water partition coefficient (Wildman–Crippen LogP) is 3.32. The number of nitrogens with zero attached hydrogens (tertiary/aromatic N) is 1. The molecule has 2 nitrogen and oxygen atoms in total. The first kappa shape index (κ1) is 12.3. The molecule has 0 aliphatic heterocycles. The summed E-state index contributed by atoms with van der Waals surface area (Å²) in [5.74, 6) is 0.590. The molecule has 0 bridgehead atoms. The first-order chi connectivity index (χ1) is 8.19. The van der Waals surface area contributed by atoms with E-state index in [1.165, 1.54) is 11.1 Å². The second-order valence-electron chi connectivity index (χ2n) is 4.51. The lowest BCUT2D eigenvalue weighted by molar-refractivity contribution is 0.865. The second kappa shape index (κ2) is 5.43. The van der Waals surface area contributed by atoms with E-state index in [1.807, 2.05) is 0 Å². The zero-order valence-electron chi connectivity index (χ0n) is 10.3. The van der Waals surface area contributed by atoms with Gasteiger partial charge in [0, 0.05) is 18.3 Å². The molecule has 1 aromatic carbocycles. The summed E-state index contributed by atoms with van der Waals surface area (Å²) < 4.78 is 0. The molecule has 17 heavy (non-hydrogen) atoms. The van der Waals surface area contributed by atoms with Crippen molar-refractivity contribution in [2.45, 2.75) is 32.7 Å². The quantitative estimate of drug-likeness (QED) is 0.899. The number of nitrogens with two attached hydrogens (primary N) is 1. The lowest BCUT2D eigenvalue weighted by Gasteiger charge is -2.05. The smallest absolute Gasteiger partial charge is 0.106 e. The largest absolute Gasteiger partial charge is 0.325 e. The average molecular weight is 246 g/mol. The minimum atomic E-state index is 0.539. The van der Waals surface area contributed by atoms with Crippen LogP contribution in [0.4, 0.5) is 0 Å². The fraction of sp³-hybridized carbons (Fsp3) is 0.357. The fourth-order valence-corrected chi connectivity index (χ4v) is 2.43. The molecule has 2 aromatic rings. The van der Waals surface area contributed by atoms with E-state index in [9.17, 15) is 0 Å². The Hall–Kier alpha value is -1.19. The number of hydrogen-bond acceptors (Lipinski definition) is 3. The van der Waals surface area contributed by atoms with Gasteiger partial charge in [-0.05, 0) is 17.0 Å². The van der Waals surface area contributed by atoms with Gasteiger partial charge in [0.2, 0.25) is 0 Å². The van der Waals surface area contributed by atoms with Crippen molar-refractivity contribution in [3.8, 4) is 0 Å². The van der Waals surface area contributed by atoms with Gasteiger partial charge in [0.15, 0.2) is 0 Å². The molecule has 0 aliphatic carbocycles. The Kier molecular flexibility index (Phi) is 3.92. The van der Waals surface area contributed by atoms with Gasteiger partial charge >= 0.3 is 0 Å². The van der Waals surface area contributed by atoms with Crippen molar-refractivity contribution in [2.24, 2.45) is 5.73 Å². The summed E-state index contributed by atoms with van der Waals surface area (Å²) in [6.45, 7) is 4.96. The van der Waals surface area contributed by atoms with Crippen LogP contribution in [0.25, 0.3) is 0 Å². The minimum Gasteiger partial charge on any atom is -0.325 e. The standard InChI is InChI=1S/C14H18N2S/c1-10(2)12-5-3-11(4-6-12)7-13-9-17-14(8-15)16-13/h3-6,9-10H,7-8,15H2,1-2H3. The third-order valence-electron chi connectivity index (χ3n) is 2.81. The summed E-state index contributed by atoms with van der Waals surface area (Å²) in [6.07, 6.45) is 0.898. The summed E-state index contributed by atoms with van der Waals surface area (Å²) in [4.78, 5) is 4.48. The average Bonchev–Trinajstić information content (AvgIpc) is 2.77. The maximum absolute atomic E-state index is 5.56. The van der Waals surface area contributed by atoms with Crippen molar-refractivity contribution in [1.29, 1.82) is 0 Å². The molecule has 0 amide bonds. The molecule has 0 aliphatic rings. The third-order valence-corrected chi connectivity index (χ3v) is 3.73. The van der Waals surface area contributed by atoms with E-state index in [0.717, 1.165) is 17.1 Å². The summed E-state index contributed by atoms with van der Waals surface area (Å²) in [5.41, 5.74) is 9.37. The Morgan fingerprint density at radius 3 is 2.47 bits per heavy atom. The van der Waals surface area contributed by atoms with Crippen molar-refractivity contribution < 1.29 is 0 Å². The van der Waals surface area contributed by atoms with Crippen LogP contribution in [0, 0.1) is 0 Å². The van der Waals surface area contributed by atoms with Crippen LogP contribution in [0.3, 0.4) is 0 Å². The van der Waals surface area contributed by atoms with Crippen LogP contribution in [-0.4, -0.2) is 4.98 Å². The van der Waals surface area contributed by atoms with Crippen LogP contribution in [0.1, 0.15) is 41.6 Å². The first-order valence-electron chi connectivity index (χ1n) is 5.91. The Morgan fingerprint density at radius 2 is 1.94 bits per heavy atom. The van der Waals surface area contributed by atoms with Crippen LogP contribution in [-0.2, 0) is 13.0 Å². The van der Waals surface area contributed by atoms with E-state index in [1.54, 1.807) is 11.3 Å². The van der Waals surface area contributed by atoms with Crippen molar-refractivity contribution in [1.82, 2.24) is 4.98 Å². The molecule has 1 heterocycles. The number of aromatic nitrogens is 1. The van der Waals surface area contributed by atoms with Crippen LogP contribution >= 0.6 is 11.3 Å².